The van der Waals surface area contributed by atoms with Gasteiger partial charge in [-0.3, -0.25) is 4.79 Å². The molecule has 8 heteroatoms. The van der Waals surface area contributed by atoms with Crippen LogP contribution in [-0.4, -0.2) is 25.7 Å². The number of carbonyl (C=O) groups excluding carboxylic acids is 1. The molecule has 0 atom stereocenters. The predicted octanol–water partition coefficient (Wildman–Crippen LogP) is 3.69. The van der Waals surface area contributed by atoms with Crippen molar-refractivity contribution in [3.05, 3.63) is 69.9 Å². The Bertz CT molecular complexity index is 1030. The first-order valence-corrected chi connectivity index (χ1v) is 9.70. The molecule has 130 valence electrons. The Labute approximate surface area is 158 Å². The SMILES string of the molecule is Cc1csc(CNC(=O)c2csc(-c3cnn(-c4ccccc4)c3)n2)n1. The Hall–Kier alpha value is -2.84. The van der Waals surface area contributed by atoms with Crippen LogP contribution in [0.2, 0.25) is 0 Å². The molecule has 0 bridgehead atoms. The molecule has 3 heterocycles. The summed E-state index contributed by atoms with van der Waals surface area (Å²) in [7, 11) is 0. The number of aryl methyl sites for hydroxylation is 1. The number of hydrogen-bond donors (Lipinski definition) is 1. The summed E-state index contributed by atoms with van der Waals surface area (Å²) in [5.74, 6) is -0.198. The smallest absolute Gasteiger partial charge is 0.271 e. The molecule has 0 aliphatic carbocycles. The van der Waals surface area contributed by atoms with Crippen molar-refractivity contribution in [3.8, 4) is 16.3 Å². The van der Waals surface area contributed by atoms with Crippen LogP contribution in [-0.2, 0) is 6.54 Å². The lowest BCUT2D eigenvalue weighted by Crippen LogP contribution is -2.23. The van der Waals surface area contributed by atoms with E-state index in [2.05, 4.69) is 20.4 Å². The first kappa shape index (κ1) is 16.6. The minimum atomic E-state index is -0.198. The highest BCUT2D eigenvalue weighted by molar-refractivity contribution is 7.13. The zero-order chi connectivity index (χ0) is 17.9. The number of benzene rings is 1. The van der Waals surface area contributed by atoms with E-state index in [1.165, 1.54) is 22.7 Å². The Balaban J connectivity index is 1.46. The fourth-order valence-corrected chi connectivity index (χ4v) is 3.88. The first-order chi connectivity index (χ1) is 12.7. The monoisotopic (exact) mass is 381 g/mol. The third-order valence-electron chi connectivity index (χ3n) is 3.65. The maximum absolute atomic E-state index is 12.3. The molecule has 0 aliphatic rings. The number of amides is 1. The highest BCUT2D eigenvalue weighted by Crippen LogP contribution is 2.24. The van der Waals surface area contributed by atoms with E-state index < -0.39 is 0 Å². The molecule has 1 N–H and O–H groups in total. The molecular weight excluding hydrogens is 366 g/mol. The standard InChI is InChI=1S/C18H15N5OS2/c1-12-10-25-16(21-12)8-19-17(24)15-11-26-18(22-15)13-7-20-23(9-13)14-5-3-2-4-6-14/h2-7,9-11H,8H2,1H3,(H,19,24). The summed E-state index contributed by atoms with van der Waals surface area (Å²) in [6, 6.07) is 9.86. The van der Waals surface area contributed by atoms with E-state index in [-0.39, 0.29) is 5.91 Å². The first-order valence-electron chi connectivity index (χ1n) is 7.94. The second-order valence-corrected chi connectivity index (χ2v) is 7.41. The van der Waals surface area contributed by atoms with Crippen molar-refractivity contribution in [3.63, 3.8) is 0 Å². The Morgan fingerprint density at radius 2 is 2.00 bits per heavy atom. The lowest BCUT2D eigenvalue weighted by Gasteiger charge is -1.99. The van der Waals surface area contributed by atoms with E-state index in [9.17, 15) is 4.79 Å². The van der Waals surface area contributed by atoms with Crippen molar-refractivity contribution in [1.29, 1.82) is 0 Å². The second-order valence-electron chi connectivity index (χ2n) is 5.61. The van der Waals surface area contributed by atoms with Gasteiger partial charge in [-0.05, 0) is 19.1 Å². The lowest BCUT2D eigenvalue weighted by atomic mass is 10.3. The molecule has 1 amide bonds. The van der Waals surface area contributed by atoms with Crippen LogP contribution in [0.3, 0.4) is 0 Å². The van der Waals surface area contributed by atoms with Gasteiger partial charge in [0.25, 0.3) is 5.91 Å². The number of para-hydroxylation sites is 1. The number of nitrogens with zero attached hydrogens (tertiary/aromatic N) is 4. The van der Waals surface area contributed by atoms with Crippen LogP contribution < -0.4 is 5.32 Å². The van der Waals surface area contributed by atoms with Gasteiger partial charge in [0.15, 0.2) is 0 Å². The van der Waals surface area contributed by atoms with Gasteiger partial charge in [-0.1, -0.05) is 18.2 Å². The highest BCUT2D eigenvalue weighted by Gasteiger charge is 2.13. The number of nitrogens with one attached hydrogen (secondary N) is 1. The van der Waals surface area contributed by atoms with Crippen molar-refractivity contribution < 1.29 is 4.79 Å². The zero-order valence-electron chi connectivity index (χ0n) is 13.9. The van der Waals surface area contributed by atoms with Crippen molar-refractivity contribution >= 4 is 28.6 Å². The fourth-order valence-electron chi connectivity index (χ4n) is 2.40. The number of hydrogen-bond acceptors (Lipinski definition) is 6. The minimum Gasteiger partial charge on any atom is -0.344 e. The summed E-state index contributed by atoms with van der Waals surface area (Å²) < 4.78 is 1.79. The molecular formula is C18H15N5OS2. The summed E-state index contributed by atoms with van der Waals surface area (Å²) in [4.78, 5) is 21.1. The Kier molecular flexibility index (Phi) is 4.59. The average Bonchev–Trinajstić information content (AvgIpc) is 3.40. The molecule has 0 fully saturated rings. The van der Waals surface area contributed by atoms with E-state index >= 15 is 0 Å². The van der Waals surface area contributed by atoms with Crippen LogP contribution >= 0.6 is 22.7 Å². The third-order valence-corrected chi connectivity index (χ3v) is 5.51. The number of thiazole rings is 2. The molecule has 26 heavy (non-hydrogen) atoms. The van der Waals surface area contributed by atoms with Gasteiger partial charge in [0.05, 0.1) is 18.4 Å². The summed E-state index contributed by atoms with van der Waals surface area (Å²) in [5, 5.41) is 12.6. The van der Waals surface area contributed by atoms with E-state index in [1.54, 1.807) is 16.3 Å². The van der Waals surface area contributed by atoms with Gasteiger partial charge in [0.1, 0.15) is 15.7 Å². The van der Waals surface area contributed by atoms with Gasteiger partial charge >= 0.3 is 0 Å². The van der Waals surface area contributed by atoms with Gasteiger partial charge in [0, 0.05) is 28.2 Å². The highest BCUT2D eigenvalue weighted by atomic mass is 32.1. The number of aromatic nitrogens is 4. The molecule has 3 aromatic heterocycles. The maximum Gasteiger partial charge on any atom is 0.271 e. The molecule has 0 radical (unpaired) electrons. The summed E-state index contributed by atoms with van der Waals surface area (Å²) in [6.45, 7) is 2.35. The van der Waals surface area contributed by atoms with E-state index in [4.69, 9.17) is 0 Å². The molecule has 0 saturated carbocycles. The fraction of sp³-hybridized carbons (Fsp3) is 0.111. The molecule has 6 nitrogen and oxygen atoms in total. The summed E-state index contributed by atoms with van der Waals surface area (Å²) in [5.41, 5.74) is 3.23. The molecule has 4 aromatic rings. The normalized spacial score (nSPS) is 10.8. The van der Waals surface area contributed by atoms with Crippen LogP contribution in [0.5, 0.6) is 0 Å². The van der Waals surface area contributed by atoms with Crippen molar-refractivity contribution in [1.82, 2.24) is 25.1 Å². The van der Waals surface area contributed by atoms with Crippen LogP contribution in [0, 0.1) is 6.92 Å². The Morgan fingerprint density at radius 3 is 2.77 bits per heavy atom. The third kappa shape index (κ3) is 3.56. The topological polar surface area (TPSA) is 72.7 Å². The van der Waals surface area contributed by atoms with Gasteiger partial charge in [0.2, 0.25) is 0 Å². The molecule has 4 rings (SSSR count). The quantitative estimate of drug-likeness (QED) is 0.572. The van der Waals surface area contributed by atoms with Gasteiger partial charge in [-0.2, -0.15) is 5.10 Å². The lowest BCUT2D eigenvalue weighted by molar-refractivity contribution is 0.0946. The van der Waals surface area contributed by atoms with Crippen LogP contribution in [0.1, 0.15) is 21.2 Å². The zero-order valence-corrected chi connectivity index (χ0v) is 15.5. The number of rotatable bonds is 5. The van der Waals surface area contributed by atoms with Gasteiger partial charge < -0.3 is 5.32 Å². The average molecular weight is 381 g/mol. The predicted molar refractivity (Wildman–Crippen MR) is 103 cm³/mol. The largest absolute Gasteiger partial charge is 0.344 e. The van der Waals surface area contributed by atoms with Crippen LogP contribution in [0.25, 0.3) is 16.3 Å². The van der Waals surface area contributed by atoms with Crippen molar-refractivity contribution in [2.24, 2.45) is 0 Å². The molecule has 0 spiro atoms. The molecule has 1 aromatic carbocycles. The summed E-state index contributed by atoms with van der Waals surface area (Å²) >= 11 is 2.96. The van der Waals surface area contributed by atoms with E-state index in [1.807, 2.05) is 48.8 Å². The van der Waals surface area contributed by atoms with Crippen LogP contribution in [0.4, 0.5) is 0 Å². The minimum absolute atomic E-state index is 0.198. The molecule has 0 unspecified atom stereocenters. The van der Waals surface area contributed by atoms with Gasteiger partial charge in [-0.25, -0.2) is 14.6 Å². The van der Waals surface area contributed by atoms with E-state index in [0.717, 1.165) is 27.0 Å². The maximum atomic E-state index is 12.3. The Morgan fingerprint density at radius 1 is 1.15 bits per heavy atom. The number of carbonyl (C=O) groups is 1. The van der Waals surface area contributed by atoms with Crippen LogP contribution in [0.15, 0.2) is 53.5 Å². The van der Waals surface area contributed by atoms with E-state index in [0.29, 0.717) is 12.2 Å². The van der Waals surface area contributed by atoms with Gasteiger partial charge in [-0.15, -0.1) is 22.7 Å². The second kappa shape index (κ2) is 7.19. The van der Waals surface area contributed by atoms with Crippen molar-refractivity contribution in [2.75, 3.05) is 0 Å². The van der Waals surface area contributed by atoms with Crippen molar-refractivity contribution in [2.45, 2.75) is 13.5 Å². The molecule has 0 aliphatic heterocycles. The molecule has 0 saturated heterocycles. The summed E-state index contributed by atoms with van der Waals surface area (Å²) in [6.07, 6.45) is 3.67.